The summed E-state index contributed by atoms with van der Waals surface area (Å²) in [6, 6.07) is 6.82. The molecule has 1 amide bonds. The summed E-state index contributed by atoms with van der Waals surface area (Å²) in [5, 5.41) is 18.3. The number of rotatable bonds is 6. The normalized spacial score (nSPS) is 14.7. The van der Waals surface area contributed by atoms with E-state index in [0.717, 1.165) is 6.07 Å². The van der Waals surface area contributed by atoms with Crippen LogP contribution in [0.15, 0.2) is 55.1 Å². The van der Waals surface area contributed by atoms with E-state index in [0.29, 0.717) is 16.7 Å². The molecule has 6 nitrogen and oxygen atoms in total. The number of aliphatic hydroxyl groups is 1. The van der Waals surface area contributed by atoms with Gasteiger partial charge >= 0.3 is 6.18 Å². The standard InChI is InChI=1S/C20H17ClF4N4O2/c1-12(28-18(30)16-7-4-14(8-17(16)22)20(23,24)25)19(31,9-29-11-26-10-27-29)13-2-5-15(21)6-3-13/h2-8,10-12,31H,9H2,1H3,(H,28,30)/t12-,19-/m1/s1. The van der Waals surface area contributed by atoms with Crippen molar-refractivity contribution in [2.24, 2.45) is 0 Å². The number of aromatic nitrogens is 3. The Bertz CT molecular complexity index is 1060. The first kappa shape index (κ1) is 22.7. The number of nitrogens with one attached hydrogen (secondary N) is 1. The van der Waals surface area contributed by atoms with Crippen LogP contribution in [0.2, 0.25) is 5.02 Å². The average molecular weight is 457 g/mol. The third kappa shape index (κ3) is 5.02. The maximum absolute atomic E-state index is 14.2. The summed E-state index contributed by atoms with van der Waals surface area (Å²) in [6.07, 6.45) is -2.11. The Morgan fingerprint density at radius 3 is 2.39 bits per heavy atom. The van der Waals surface area contributed by atoms with Gasteiger partial charge in [-0.3, -0.25) is 4.79 Å². The first-order valence-electron chi connectivity index (χ1n) is 8.99. The maximum atomic E-state index is 14.2. The third-order valence-electron chi connectivity index (χ3n) is 4.82. The van der Waals surface area contributed by atoms with Gasteiger partial charge in [0.05, 0.1) is 23.7 Å². The van der Waals surface area contributed by atoms with Crippen LogP contribution < -0.4 is 5.32 Å². The number of hydrogen-bond acceptors (Lipinski definition) is 4. The predicted octanol–water partition coefficient (Wildman–Crippen LogP) is 3.80. The monoisotopic (exact) mass is 456 g/mol. The summed E-state index contributed by atoms with van der Waals surface area (Å²) in [5.41, 5.74) is -3.14. The van der Waals surface area contributed by atoms with E-state index in [1.807, 2.05) is 0 Å². The lowest BCUT2D eigenvalue weighted by atomic mass is 9.86. The number of halogens is 5. The van der Waals surface area contributed by atoms with E-state index in [9.17, 15) is 27.5 Å². The molecule has 1 aromatic heterocycles. The van der Waals surface area contributed by atoms with E-state index >= 15 is 0 Å². The third-order valence-corrected chi connectivity index (χ3v) is 5.07. The van der Waals surface area contributed by atoms with E-state index in [1.54, 1.807) is 24.3 Å². The van der Waals surface area contributed by atoms with Gasteiger partial charge < -0.3 is 10.4 Å². The molecule has 0 saturated heterocycles. The second-order valence-electron chi connectivity index (χ2n) is 6.91. The lowest BCUT2D eigenvalue weighted by Crippen LogP contribution is -2.51. The minimum atomic E-state index is -4.74. The van der Waals surface area contributed by atoms with Crippen molar-refractivity contribution in [3.63, 3.8) is 0 Å². The van der Waals surface area contributed by atoms with Crippen LogP contribution in [0.3, 0.4) is 0 Å². The molecule has 0 aliphatic heterocycles. The van der Waals surface area contributed by atoms with E-state index < -0.39 is 40.7 Å². The molecular formula is C20H17ClF4N4O2. The van der Waals surface area contributed by atoms with Gasteiger partial charge in [0.25, 0.3) is 5.91 Å². The molecule has 2 atom stereocenters. The molecule has 0 unspecified atom stereocenters. The van der Waals surface area contributed by atoms with Gasteiger partial charge in [-0.2, -0.15) is 18.3 Å². The first-order chi connectivity index (χ1) is 14.5. The molecule has 11 heteroatoms. The summed E-state index contributed by atoms with van der Waals surface area (Å²) in [5.74, 6) is -2.31. The van der Waals surface area contributed by atoms with E-state index in [1.165, 1.54) is 24.3 Å². The van der Waals surface area contributed by atoms with Crippen LogP contribution in [-0.4, -0.2) is 31.8 Å². The van der Waals surface area contributed by atoms with Crippen molar-refractivity contribution in [3.05, 3.63) is 82.6 Å². The molecule has 2 N–H and O–H groups in total. The molecule has 3 rings (SSSR count). The van der Waals surface area contributed by atoms with Crippen molar-refractivity contribution in [2.75, 3.05) is 0 Å². The Morgan fingerprint density at radius 2 is 1.84 bits per heavy atom. The number of nitrogens with zero attached hydrogens (tertiary/aromatic N) is 3. The van der Waals surface area contributed by atoms with Gasteiger partial charge in [0, 0.05) is 5.02 Å². The van der Waals surface area contributed by atoms with Crippen molar-refractivity contribution >= 4 is 17.5 Å². The fourth-order valence-electron chi connectivity index (χ4n) is 3.05. The van der Waals surface area contributed by atoms with Crippen LogP contribution in [0.1, 0.15) is 28.4 Å². The number of carbonyl (C=O) groups is 1. The summed E-state index contributed by atoms with van der Waals surface area (Å²) < 4.78 is 53.8. The van der Waals surface area contributed by atoms with Crippen molar-refractivity contribution in [1.82, 2.24) is 20.1 Å². The highest BCUT2D eigenvalue weighted by molar-refractivity contribution is 6.30. The van der Waals surface area contributed by atoms with Crippen molar-refractivity contribution in [3.8, 4) is 0 Å². The maximum Gasteiger partial charge on any atom is 0.416 e. The Hall–Kier alpha value is -2.98. The Balaban J connectivity index is 1.89. The molecule has 0 radical (unpaired) electrons. The zero-order valence-electron chi connectivity index (χ0n) is 16.1. The molecule has 31 heavy (non-hydrogen) atoms. The Morgan fingerprint density at radius 1 is 1.19 bits per heavy atom. The van der Waals surface area contributed by atoms with Crippen LogP contribution in [0, 0.1) is 5.82 Å². The molecule has 3 aromatic rings. The van der Waals surface area contributed by atoms with Crippen LogP contribution >= 0.6 is 11.6 Å². The lowest BCUT2D eigenvalue weighted by molar-refractivity contribution is -0.137. The average Bonchev–Trinajstić information content (AvgIpc) is 3.20. The highest BCUT2D eigenvalue weighted by atomic mass is 35.5. The van der Waals surface area contributed by atoms with Crippen molar-refractivity contribution in [1.29, 1.82) is 0 Å². The van der Waals surface area contributed by atoms with Gasteiger partial charge in [0.1, 0.15) is 24.1 Å². The van der Waals surface area contributed by atoms with Crippen LogP contribution in [0.25, 0.3) is 0 Å². The molecule has 0 fully saturated rings. The minimum Gasteiger partial charge on any atom is -0.381 e. The van der Waals surface area contributed by atoms with Crippen LogP contribution in [0.5, 0.6) is 0 Å². The van der Waals surface area contributed by atoms with Crippen LogP contribution in [0.4, 0.5) is 17.6 Å². The van der Waals surface area contributed by atoms with Gasteiger partial charge in [-0.1, -0.05) is 23.7 Å². The number of carbonyl (C=O) groups excluding carboxylic acids is 1. The number of alkyl halides is 3. The van der Waals surface area contributed by atoms with Gasteiger partial charge in [0.15, 0.2) is 0 Å². The lowest BCUT2D eigenvalue weighted by Gasteiger charge is -2.35. The highest BCUT2D eigenvalue weighted by Gasteiger charge is 2.38. The second kappa shape index (κ2) is 8.64. The topological polar surface area (TPSA) is 80.0 Å². The minimum absolute atomic E-state index is 0.119. The highest BCUT2D eigenvalue weighted by Crippen LogP contribution is 2.31. The fraction of sp³-hybridized carbons (Fsp3) is 0.250. The molecule has 0 spiro atoms. The zero-order chi connectivity index (χ0) is 22.8. The summed E-state index contributed by atoms with van der Waals surface area (Å²) in [7, 11) is 0. The van der Waals surface area contributed by atoms with Crippen molar-refractivity contribution in [2.45, 2.75) is 31.3 Å². The van der Waals surface area contributed by atoms with Crippen LogP contribution in [-0.2, 0) is 18.3 Å². The van der Waals surface area contributed by atoms with Gasteiger partial charge in [-0.15, -0.1) is 0 Å². The molecule has 0 aliphatic rings. The van der Waals surface area contributed by atoms with E-state index in [4.69, 9.17) is 11.6 Å². The fourth-order valence-corrected chi connectivity index (χ4v) is 3.17. The quantitative estimate of drug-likeness (QED) is 0.553. The number of benzene rings is 2. The molecular weight excluding hydrogens is 440 g/mol. The largest absolute Gasteiger partial charge is 0.416 e. The molecule has 164 valence electrons. The summed E-state index contributed by atoms with van der Waals surface area (Å²) in [6.45, 7) is 1.36. The predicted molar refractivity (Wildman–Crippen MR) is 104 cm³/mol. The second-order valence-corrected chi connectivity index (χ2v) is 7.35. The van der Waals surface area contributed by atoms with Gasteiger partial charge in [-0.25, -0.2) is 14.1 Å². The van der Waals surface area contributed by atoms with Gasteiger partial charge in [0.2, 0.25) is 0 Å². The zero-order valence-corrected chi connectivity index (χ0v) is 16.8. The van der Waals surface area contributed by atoms with E-state index in [-0.39, 0.29) is 12.6 Å². The smallest absolute Gasteiger partial charge is 0.381 e. The van der Waals surface area contributed by atoms with Gasteiger partial charge in [-0.05, 0) is 42.8 Å². The SMILES string of the molecule is C[C@@H](NC(=O)c1ccc(C(F)(F)F)cc1F)[C@](O)(Cn1cncn1)c1ccc(Cl)cc1. The Kier molecular flexibility index (Phi) is 6.33. The molecule has 0 saturated carbocycles. The summed E-state index contributed by atoms with van der Waals surface area (Å²) in [4.78, 5) is 16.4. The van der Waals surface area contributed by atoms with Crippen molar-refractivity contribution < 1.29 is 27.5 Å². The number of hydrogen-bond donors (Lipinski definition) is 2. The molecule has 0 aliphatic carbocycles. The summed E-state index contributed by atoms with van der Waals surface area (Å²) >= 11 is 5.91. The van der Waals surface area contributed by atoms with E-state index in [2.05, 4.69) is 15.4 Å². The number of amides is 1. The Labute approximate surface area is 179 Å². The molecule has 1 heterocycles. The molecule has 0 bridgehead atoms. The molecule has 2 aromatic carbocycles. The first-order valence-corrected chi connectivity index (χ1v) is 9.37.